The van der Waals surface area contributed by atoms with E-state index in [1.165, 1.54) is 16.9 Å². The van der Waals surface area contributed by atoms with Crippen LogP contribution in [0.4, 0.5) is 0 Å². The molecule has 3 aromatic rings. The first-order valence-corrected chi connectivity index (χ1v) is 9.97. The zero-order valence-electron chi connectivity index (χ0n) is 15.6. The predicted octanol–water partition coefficient (Wildman–Crippen LogP) is 3.75. The molecule has 2 N–H and O–H groups in total. The Bertz CT molecular complexity index is 921. The molecule has 27 heavy (non-hydrogen) atoms. The van der Waals surface area contributed by atoms with Crippen LogP contribution in [-0.2, 0) is 6.54 Å². The quantitative estimate of drug-likeness (QED) is 0.696. The number of aromatic nitrogens is 2. The van der Waals surface area contributed by atoms with E-state index in [0.717, 1.165) is 46.7 Å². The summed E-state index contributed by atoms with van der Waals surface area (Å²) in [7, 11) is 0. The molecule has 1 saturated heterocycles. The summed E-state index contributed by atoms with van der Waals surface area (Å²) in [6, 6.07) is 13.0. The van der Waals surface area contributed by atoms with Gasteiger partial charge in [0.2, 0.25) is 0 Å². The number of piperidine rings is 1. The van der Waals surface area contributed by atoms with Crippen LogP contribution in [0.1, 0.15) is 40.7 Å². The van der Waals surface area contributed by atoms with E-state index >= 15 is 0 Å². The van der Waals surface area contributed by atoms with Crippen molar-refractivity contribution >= 4 is 39.9 Å². The number of halogens is 1. The molecule has 1 fully saturated rings. The van der Waals surface area contributed by atoms with E-state index in [0.29, 0.717) is 6.04 Å². The number of nitrogens with one attached hydrogen (secondary N) is 2. The summed E-state index contributed by atoms with van der Waals surface area (Å²) in [4.78, 5) is 14.6. The van der Waals surface area contributed by atoms with Crippen LogP contribution in [-0.4, -0.2) is 34.3 Å². The van der Waals surface area contributed by atoms with Crippen molar-refractivity contribution in [2.24, 2.45) is 0 Å². The number of carbonyl (C=O) groups is 1. The van der Waals surface area contributed by atoms with E-state index in [1.54, 1.807) is 0 Å². The van der Waals surface area contributed by atoms with Crippen LogP contribution in [0.15, 0.2) is 36.4 Å². The number of benzene rings is 1. The molecule has 5 nitrogen and oxygen atoms in total. The van der Waals surface area contributed by atoms with Gasteiger partial charge in [-0.15, -0.1) is 23.7 Å². The zero-order valence-corrected chi connectivity index (χ0v) is 17.2. The summed E-state index contributed by atoms with van der Waals surface area (Å²) >= 11 is 1.53. The van der Waals surface area contributed by atoms with Crippen molar-refractivity contribution in [2.45, 2.75) is 45.3 Å². The van der Waals surface area contributed by atoms with Gasteiger partial charge in [0.25, 0.3) is 5.91 Å². The van der Waals surface area contributed by atoms with Crippen molar-refractivity contribution in [1.29, 1.82) is 0 Å². The number of fused-ring (bicyclic) bond motifs is 1. The summed E-state index contributed by atoms with van der Waals surface area (Å²) in [5, 5.41) is 12.4. The molecule has 2 aromatic heterocycles. The highest BCUT2D eigenvalue weighted by Gasteiger charge is 2.22. The first-order chi connectivity index (χ1) is 12.6. The number of hydrogen-bond donors (Lipinski definition) is 2. The number of carbonyl (C=O) groups excluding carboxylic acids is 1. The maximum atomic E-state index is 12.7. The molecule has 1 aliphatic rings. The molecule has 4 rings (SSSR count). The highest BCUT2D eigenvalue weighted by atomic mass is 35.5. The molecule has 144 valence electrons. The van der Waals surface area contributed by atoms with Crippen LogP contribution in [0, 0.1) is 6.92 Å². The molecular formula is C20H25ClN4OS. The van der Waals surface area contributed by atoms with Gasteiger partial charge in [0.1, 0.15) is 4.83 Å². The molecule has 0 bridgehead atoms. The molecule has 1 aliphatic heterocycles. The molecule has 2 atom stereocenters. The fraction of sp³-hybridized carbons (Fsp3) is 0.400. The highest BCUT2D eigenvalue weighted by molar-refractivity contribution is 7.20. The zero-order chi connectivity index (χ0) is 18.1. The van der Waals surface area contributed by atoms with Gasteiger partial charge >= 0.3 is 0 Å². The van der Waals surface area contributed by atoms with Gasteiger partial charge in [-0.1, -0.05) is 30.3 Å². The first kappa shape index (κ1) is 19.9. The second kappa shape index (κ2) is 8.42. The Balaban J connectivity index is 0.00000210. The first-order valence-electron chi connectivity index (χ1n) is 9.15. The minimum atomic E-state index is 0. The Morgan fingerprint density at radius 3 is 2.89 bits per heavy atom. The Labute approximate surface area is 169 Å². The molecule has 1 amide bonds. The minimum absolute atomic E-state index is 0. The molecule has 2 unspecified atom stereocenters. The van der Waals surface area contributed by atoms with Crippen molar-refractivity contribution in [2.75, 3.05) is 6.54 Å². The van der Waals surface area contributed by atoms with Gasteiger partial charge in [0, 0.05) is 17.5 Å². The summed E-state index contributed by atoms with van der Waals surface area (Å²) in [6.07, 6.45) is 1.97. The van der Waals surface area contributed by atoms with Gasteiger partial charge in [-0.05, 0) is 44.9 Å². The fourth-order valence-electron chi connectivity index (χ4n) is 3.61. The molecule has 0 spiro atoms. The number of amides is 1. The third-order valence-electron chi connectivity index (χ3n) is 4.97. The van der Waals surface area contributed by atoms with Crippen LogP contribution in [0.5, 0.6) is 0 Å². The second-order valence-electron chi connectivity index (χ2n) is 7.11. The maximum Gasteiger partial charge on any atom is 0.261 e. The van der Waals surface area contributed by atoms with E-state index in [9.17, 15) is 4.79 Å². The summed E-state index contributed by atoms with van der Waals surface area (Å²) in [6.45, 7) is 5.86. The van der Waals surface area contributed by atoms with Gasteiger partial charge in [-0.25, -0.2) is 0 Å². The van der Waals surface area contributed by atoms with Crippen LogP contribution in [0.25, 0.3) is 10.2 Å². The van der Waals surface area contributed by atoms with Crippen molar-refractivity contribution in [1.82, 2.24) is 20.4 Å². The average Bonchev–Trinajstić information content (AvgIpc) is 3.18. The van der Waals surface area contributed by atoms with Crippen molar-refractivity contribution in [3.63, 3.8) is 0 Å². The van der Waals surface area contributed by atoms with Gasteiger partial charge in [0.05, 0.1) is 17.1 Å². The van der Waals surface area contributed by atoms with Crippen LogP contribution in [0.3, 0.4) is 0 Å². The topological polar surface area (TPSA) is 59.0 Å². The standard InChI is InChI=1S/C20H24N4OS.ClH/c1-13-10-16(8-9-21-13)22-19(25)18-11-17-14(2)23-24(20(17)26-18)12-15-6-4-3-5-7-15;/h3-7,11,13,16,21H,8-10,12H2,1-2H3,(H,22,25);1H. The normalized spacial score (nSPS) is 19.6. The van der Waals surface area contributed by atoms with Gasteiger partial charge in [-0.3, -0.25) is 9.48 Å². The van der Waals surface area contributed by atoms with Gasteiger partial charge in [0.15, 0.2) is 0 Å². The Kier molecular flexibility index (Phi) is 6.19. The number of nitrogens with zero attached hydrogens (tertiary/aromatic N) is 2. The summed E-state index contributed by atoms with van der Waals surface area (Å²) in [5.74, 6) is 0.0379. The van der Waals surface area contributed by atoms with E-state index in [4.69, 9.17) is 0 Å². The largest absolute Gasteiger partial charge is 0.349 e. The van der Waals surface area contributed by atoms with Crippen LogP contribution >= 0.6 is 23.7 Å². The molecule has 0 radical (unpaired) electrons. The smallest absolute Gasteiger partial charge is 0.261 e. The molecule has 7 heteroatoms. The molecule has 0 saturated carbocycles. The van der Waals surface area contributed by atoms with E-state index in [1.807, 2.05) is 35.9 Å². The predicted molar refractivity (Wildman–Crippen MR) is 113 cm³/mol. The molecular weight excluding hydrogens is 380 g/mol. The third-order valence-corrected chi connectivity index (χ3v) is 6.11. The van der Waals surface area contributed by atoms with E-state index in [-0.39, 0.29) is 24.4 Å². The lowest BCUT2D eigenvalue weighted by atomic mass is 10.0. The van der Waals surface area contributed by atoms with Gasteiger partial charge < -0.3 is 10.6 Å². The van der Waals surface area contributed by atoms with E-state index in [2.05, 4.69) is 34.8 Å². The number of aryl methyl sites for hydroxylation is 1. The molecule has 0 aliphatic carbocycles. The van der Waals surface area contributed by atoms with Crippen molar-refractivity contribution in [3.8, 4) is 0 Å². The van der Waals surface area contributed by atoms with Crippen molar-refractivity contribution in [3.05, 3.63) is 52.5 Å². The number of rotatable bonds is 4. The molecule has 3 heterocycles. The minimum Gasteiger partial charge on any atom is -0.349 e. The second-order valence-corrected chi connectivity index (χ2v) is 8.14. The lowest BCUT2D eigenvalue weighted by Crippen LogP contribution is -2.46. The van der Waals surface area contributed by atoms with Crippen molar-refractivity contribution < 1.29 is 4.79 Å². The van der Waals surface area contributed by atoms with Gasteiger partial charge in [-0.2, -0.15) is 5.10 Å². The number of hydrogen-bond acceptors (Lipinski definition) is 4. The monoisotopic (exact) mass is 404 g/mol. The SMILES string of the molecule is Cc1nn(Cc2ccccc2)c2sc(C(=O)NC3CCNC(C)C3)cc12.Cl. The lowest BCUT2D eigenvalue weighted by molar-refractivity contribution is 0.0930. The summed E-state index contributed by atoms with van der Waals surface area (Å²) in [5.41, 5.74) is 2.18. The Hall–Kier alpha value is -1.89. The fourth-order valence-corrected chi connectivity index (χ4v) is 4.67. The third kappa shape index (κ3) is 4.34. The average molecular weight is 405 g/mol. The molecule has 1 aromatic carbocycles. The van der Waals surface area contributed by atoms with Crippen LogP contribution in [0.2, 0.25) is 0 Å². The summed E-state index contributed by atoms with van der Waals surface area (Å²) < 4.78 is 2.01. The highest BCUT2D eigenvalue weighted by Crippen LogP contribution is 2.29. The Morgan fingerprint density at radius 2 is 2.15 bits per heavy atom. The Morgan fingerprint density at radius 1 is 1.37 bits per heavy atom. The number of thiophene rings is 1. The van der Waals surface area contributed by atoms with E-state index < -0.39 is 0 Å². The lowest BCUT2D eigenvalue weighted by Gasteiger charge is -2.28. The maximum absolute atomic E-state index is 12.7. The van der Waals surface area contributed by atoms with Crippen LogP contribution < -0.4 is 10.6 Å².